The van der Waals surface area contributed by atoms with Gasteiger partial charge in [-0.1, -0.05) is 29.8 Å². The summed E-state index contributed by atoms with van der Waals surface area (Å²) in [7, 11) is 0. The van der Waals surface area contributed by atoms with Gasteiger partial charge in [0, 0.05) is 16.6 Å². The molecule has 1 aromatic rings. The van der Waals surface area contributed by atoms with Gasteiger partial charge in [-0.2, -0.15) is 0 Å². The van der Waals surface area contributed by atoms with Crippen molar-refractivity contribution in [2.24, 2.45) is 0 Å². The molecule has 0 saturated carbocycles. The van der Waals surface area contributed by atoms with E-state index in [0.29, 0.717) is 19.4 Å². The average molecular weight is 358 g/mol. The van der Waals surface area contributed by atoms with Gasteiger partial charge in [0.2, 0.25) is 0 Å². The molecule has 0 amide bonds. The Hall–Kier alpha value is -0.580. The van der Waals surface area contributed by atoms with E-state index in [1.807, 2.05) is 32.0 Å². The molecule has 2 N–H and O–H groups in total. The Labute approximate surface area is 137 Å². The molecule has 0 bridgehead atoms. The molecule has 21 heavy (non-hydrogen) atoms. The molecule has 3 nitrogen and oxygen atoms in total. The van der Waals surface area contributed by atoms with Crippen molar-refractivity contribution < 1.29 is 9.84 Å². The second kappa shape index (κ2) is 7.61. The van der Waals surface area contributed by atoms with E-state index < -0.39 is 5.60 Å². The zero-order chi connectivity index (χ0) is 16.1. The second-order valence-electron chi connectivity index (χ2n) is 6.58. The first-order valence-electron chi connectivity index (χ1n) is 7.58. The van der Waals surface area contributed by atoms with Gasteiger partial charge in [-0.25, -0.2) is 0 Å². The Morgan fingerprint density at radius 3 is 2.33 bits per heavy atom. The van der Waals surface area contributed by atoms with E-state index in [0.717, 1.165) is 22.3 Å². The van der Waals surface area contributed by atoms with Crippen LogP contribution in [0.3, 0.4) is 0 Å². The Morgan fingerprint density at radius 1 is 1.19 bits per heavy atom. The summed E-state index contributed by atoms with van der Waals surface area (Å²) in [6, 6.07) is 5.94. The maximum Gasteiger partial charge on any atom is 0.119 e. The van der Waals surface area contributed by atoms with E-state index in [4.69, 9.17) is 4.74 Å². The van der Waals surface area contributed by atoms with Crippen molar-refractivity contribution in [2.45, 2.75) is 65.1 Å². The summed E-state index contributed by atoms with van der Waals surface area (Å²) in [5.74, 6) is 0.796. The van der Waals surface area contributed by atoms with Gasteiger partial charge in [0.05, 0.1) is 5.60 Å². The van der Waals surface area contributed by atoms with Gasteiger partial charge >= 0.3 is 0 Å². The summed E-state index contributed by atoms with van der Waals surface area (Å²) >= 11 is 3.57. The zero-order valence-electron chi connectivity index (χ0n) is 13.8. The fourth-order valence-electron chi connectivity index (χ4n) is 1.81. The maximum absolute atomic E-state index is 10.3. The lowest BCUT2D eigenvalue weighted by Crippen LogP contribution is -2.35. The maximum atomic E-state index is 10.3. The van der Waals surface area contributed by atoms with Crippen molar-refractivity contribution in [2.75, 3.05) is 6.61 Å². The van der Waals surface area contributed by atoms with Crippen molar-refractivity contribution in [1.82, 2.24) is 5.32 Å². The standard InChI is InChI=1S/C17H28BrNO2/c1-6-17(20,7-2)12-21-14-8-9-15(18)13(10-14)11-19-16(3,4)5/h8-10,19-20H,6-7,11-12H2,1-5H3. The largest absolute Gasteiger partial charge is 0.491 e. The first kappa shape index (κ1) is 18.5. The molecule has 0 heterocycles. The second-order valence-corrected chi connectivity index (χ2v) is 7.43. The van der Waals surface area contributed by atoms with Gasteiger partial charge in [0.25, 0.3) is 0 Å². The normalized spacial score (nSPS) is 12.5. The van der Waals surface area contributed by atoms with E-state index >= 15 is 0 Å². The van der Waals surface area contributed by atoms with Crippen LogP contribution < -0.4 is 10.1 Å². The van der Waals surface area contributed by atoms with E-state index in [1.54, 1.807) is 0 Å². The number of benzene rings is 1. The minimum atomic E-state index is -0.739. The molecule has 0 unspecified atom stereocenters. The fraction of sp³-hybridized carbons (Fsp3) is 0.647. The molecule has 0 saturated heterocycles. The van der Waals surface area contributed by atoms with E-state index in [1.165, 1.54) is 0 Å². The Kier molecular flexibility index (Phi) is 6.70. The highest BCUT2D eigenvalue weighted by atomic mass is 79.9. The molecule has 0 aliphatic rings. The summed E-state index contributed by atoms with van der Waals surface area (Å²) in [6.07, 6.45) is 1.39. The van der Waals surface area contributed by atoms with Crippen LogP contribution in [0, 0.1) is 0 Å². The van der Waals surface area contributed by atoms with Crippen molar-refractivity contribution in [3.8, 4) is 5.75 Å². The molecule has 1 aromatic carbocycles. The highest BCUT2D eigenvalue weighted by Crippen LogP contribution is 2.25. The molecular weight excluding hydrogens is 330 g/mol. The van der Waals surface area contributed by atoms with Gasteiger partial charge in [-0.3, -0.25) is 0 Å². The number of halogens is 1. The smallest absolute Gasteiger partial charge is 0.119 e. The molecule has 0 aliphatic heterocycles. The topological polar surface area (TPSA) is 41.5 Å². The van der Waals surface area contributed by atoms with Gasteiger partial charge in [0.1, 0.15) is 12.4 Å². The minimum absolute atomic E-state index is 0.0704. The zero-order valence-corrected chi connectivity index (χ0v) is 15.4. The lowest BCUT2D eigenvalue weighted by molar-refractivity contribution is -0.0113. The fourth-order valence-corrected chi connectivity index (χ4v) is 2.20. The summed E-state index contributed by atoms with van der Waals surface area (Å²) in [4.78, 5) is 0. The van der Waals surface area contributed by atoms with Crippen LogP contribution in [0.4, 0.5) is 0 Å². The van der Waals surface area contributed by atoms with Gasteiger partial charge < -0.3 is 15.2 Å². The SMILES string of the molecule is CCC(O)(CC)COc1ccc(Br)c(CNC(C)(C)C)c1. The lowest BCUT2D eigenvalue weighted by Gasteiger charge is -2.25. The van der Waals surface area contributed by atoms with Crippen molar-refractivity contribution in [1.29, 1.82) is 0 Å². The van der Waals surface area contributed by atoms with Crippen molar-refractivity contribution >= 4 is 15.9 Å². The summed E-state index contributed by atoms with van der Waals surface area (Å²) < 4.78 is 6.84. The third-order valence-electron chi connectivity index (χ3n) is 3.65. The first-order chi connectivity index (χ1) is 9.69. The van der Waals surface area contributed by atoms with Crippen LogP contribution in [0.15, 0.2) is 22.7 Å². The van der Waals surface area contributed by atoms with Crippen molar-refractivity contribution in [3.05, 3.63) is 28.2 Å². The molecule has 0 fully saturated rings. The third kappa shape index (κ3) is 6.37. The summed E-state index contributed by atoms with van der Waals surface area (Å²) in [6.45, 7) is 11.5. The molecule has 1 rings (SSSR count). The number of aliphatic hydroxyl groups is 1. The average Bonchev–Trinajstić information content (AvgIpc) is 2.43. The number of hydrogen-bond donors (Lipinski definition) is 2. The quantitative estimate of drug-likeness (QED) is 0.765. The van der Waals surface area contributed by atoms with Gasteiger partial charge in [-0.05, 0) is 57.4 Å². The predicted molar refractivity (Wildman–Crippen MR) is 91.8 cm³/mol. The van der Waals surface area contributed by atoms with Crippen LogP contribution in [0.25, 0.3) is 0 Å². The molecule has 120 valence electrons. The summed E-state index contributed by atoms with van der Waals surface area (Å²) in [5, 5.41) is 13.7. The monoisotopic (exact) mass is 357 g/mol. The van der Waals surface area contributed by atoms with Crippen LogP contribution in [0.5, 0.6) is 5.75 Å². The molecule has 0 atom stereocenters. The molecule has 0 aromatic heterocycles. The molecular formula is C17H28BrNO2. The van der Waals surface area contributed by atoms with Crippen molar-refractivity contribution in [3.63, 3.8) is 0 Å². The number of ether oxygens (including phenoxy) is 1. The predicted octanol–water partition coefficient (Wildman–Crippen LogP) is 4.27. The Balaban J connectivity index is 2.73. The van der Waals surface area contributed by atoms with Crippen LogP contribution in [0.2, 0.25) is 0 Å². The van der Waals surface area contributed by atoms with Crippen LogP contribution >= 0.6 is 15.9 Å². The molecule has 0 aliphatic carbocycles. The van der Waals surface area contributed by atoms with Crippen LogP contribution in [-0.4, -0.2) is 22.9 Å². The van der Waals surface area contributed by atoms with E-state index in [9.17, 15) is 5.11 Å². The molecule has 4 heteroatoms. The Bertz CT molecular complexity index is 451. The minimum Gasteiger partial charge on any atom is -0.491 e. The van der Waals surface area contributed by atoms with Gasteiger partial charge in [-0.15, -0.1) is 0 Å². The lowest BCUT2D eigenvalue weighted by atomic mass is 9.99. The highest BCUT2D eigenvalue weighted by molar-refractivity contribution is 9.10. The van der Waals surface area contributed by atoms with Gasteiger partial charge in [0.15, 0.2) is 0 Å². The number of nitrogens with one attached hydrogen (secondary N) is 1. The Morgan fingerprint density at radius 2 is 1.81 bits per heavy atom. The number of hydrogen-bond acceptors (Lipinski definition) is 3. The third-order valence-corrected chi connectivity index (χ3v) is 4.42. The number of rotatable bonds is 7. The highest BCUT2D eigenvalue weighted by Gasteiger charge is 2.23. The van der Waals surface area contributed by atoms with E-state index in [2.05, 4.69) is 42.0 Å². The molecule has 0 radical (unpaired) electrons. The first-order valence-corrected chi connectivity index (χ1v) is 8.37. The van der Waals surface area contributed by atoms with Crippen LogP contribution in [-0.2, 0) is 6.54 Å². The van der Waals surface area contributed by atoms with Crippen LogP contribution in [0.1, 0.15) is 53.0 Å². The molecule has 0 spiro atoms. The summed E-state index contributed by atoms with van der Waals surface area (Å²) in [5.41, 5.74) is 0.483. The van der Waals surface area contributed by atoms with E-state index in [-0.39, 0.29) is 5.54 Å².